The number of fused-ring (bicyclic) bond motifs is 2. The SMILES string of the molecule is Cc1c(C(=O)NCc2cccc(NC(=O)C(C)C)c2)sc2nc3n(c(=O)c12)CCCCC3. The van der Waals surface area contributed by atoms with Gasteiger partial charge in [0.2, 0.25) is 5.91 Å². The van der Waals surface area contributed by atoms with E-state index in [1.54, 1.807) is 4.57 Å². The molecule has 1 aliphatic rings. The number of benzene rings is 1. The van der Waals surface area contributed by atoms with Crippen molar-refractivity contribution in [3.63, 3.8) is 0 Å². The van der Waals surface area contributed by atoms with Crippen LogP contribution in [0.2, 0.25) is 0 Å². The number of rotatable bonds is 5. The summed E-state index contributed by atoms with van der Waals surface area (Å²) < 4.78 is 1.79. The summed E-state index contributed by atoms with van der Waals surface area (Å²) in [6.07, 6.45) is 3.92. The lowest BCUT2D eigenvalue weighted by Gasteiger charge is -2.10. The Labute approximate surface area is 190 Å². The molecule has 1 aliphatic heterocycles. The molecule has 0 saturated carbocycles. The number of thiophene rings is 1. The van der Waals surface area contributed by atoms with Gasteiger partial charge >= 0.3 is 0 Å². The molecular formula is C24H28N4O3S. The summed E-state index contributed by atoms with van der Waals surface area (Å²) in [7, 11) is 0. The van der Waals surface area contributed by atoms with E-state index in [1.807, 2.05) is 45.0 Å². The van der Waals surface area contributed by atoms with Gasteiger partial charge in [0, 0.05) is 31.1 Å². The van der Waals surface area contributed by atoms with E-state index in [0.29, 0.717) is 39.4 Å². The molecule has 8 heteroatoms. The minimum Gasteiger partial charge on any atom is -0.347 e. The molecule has 2 amide bonds. The summed E-state index contributed by atoms with van der Waals surface area (Å²) >= 11 is 1.28. The van der Waals surface area contributed by atoms with Crippen molar-refractivity contribution < 1.29 is 9.59 Å². The van der Waals surface area contributed by atoms with E-state index in [2.05, 4.69) is 10.6 Å². The summed E-state index contributed by atoms with van der Waals surface area (Å²) in [5.41, 5.74) is 2.24. The maximum atomic E-state index is 13.1. The third kappa shape index (κ3) is 4.46. The molecule has 2 aromatic heterocycles. The molecule has 168 valence electrons. The largest absolute Gasteiger partial charge is 0.347 e. The zero-order valence-electron chi connectivity index (χ0n) is 18.7. The Morgan fingerprint density at radius 2 is 2.03 bits per heavy atom. The molecule has 3 heterocycles. The molecule has 3 aromatic rings. The molecule has 0 spiro atoms. The van der Waals surface area contributed by atoms with Crippen molar-refractivity contribution >= 4 is 39.1 Å². The second-order valence-electron chi connectivity index (χ2n) is 8.56. The Morgan fingerprint density at radius 3 is 2.81 bits per heavy atom. The summed E-state index contributed by atoms with van der Waals surface area (Å²) in [6, 6.07) is 7.42. The molecule has 7 nitrogen and oxygen atoms in total. The van der Waals surface area contributed by atoms with Crippen LogP contribution in [0, 0.1) is 12.8 Å². The molecular weight excluding hydrogens is 424 g/mol. The molecule has 0 atom stereocenters. The number of hydrogen-bond donors (Lipinski definition) is 2. The minimum atomic E-state index is -0.221. The standard InChI is InChI=1S/C24H28N4O3S/c1-14(2)21(29)26-17-9-7-8-16(12-17)13-25-22(30)20-15(3)19-23(32-20)27-18-10-5-4-6-11-28(18)24(19)31/h7-9,12,14H,4-6,10-11,13H2,1-3H3,(H,25,30)(H,26,29). The average Bonchev–Trinajstić information content (AvgIpc) is 2.93. The van der Waals surface area contributed by atoms with Crippen LogP contribution in [0.1, 0.15) is 59.7 Å². The number of anilines is 1. The lowest BCUT2D eigenvalue weighted by Crippen LogP contribution is -2.25. The van der Waals surface area contributed by atoms with Gasteiger partial charge in [-0.15, -0.1) is 11.3 Å². The summed E-state index contributed by atoms with van der Waals surface area (Å²) in [5, 5.41) is 6.37. The number of amides is 2. The number of aryl methyl sites for hydroxylation is 2. The van der Waals surface area contributed by atoms with Crippen LogP contribution in [-0.4, -0.2) is 21.4 Å². The van der Waals surface area contributed by atoms with Gasteiger partial charge in [-0.25, -0.2) is 4.98 Å². The van der Waals surface area contributed by atoms with Gasteiger partial charge in [0.15, 0.2) is 0 Å². The normalized spacial score (nSPS) is 13.6. The molecule has 0 radical (unpaired) electrons. The lowest BCUT2D eigenvalue weighted by atomic mass is 10.1. The topological polar surface area (TPSA) is 93.1 Å². The second-order valence-corrected chi connectivity index (χ2v) is 9.56. The Balaban J connectivity index is 1.54. The van der Waals surface area contributed by atoms with Gasteiger partial charge in [0.05, 0.1) is 10.3 Å². The van der Waals surface area contributed by atoms with Gasteiger partial charge in [-0.1, -0.05) is 32.4 Å². The van der Waals surface area contributed by atoms with Crippen LogP contribution in [-0.2, 0) is 24.3 Å². The first kappa shape index (κ1) is 22.2. The Morgan fingerprint density at radius 1 is 1.22 bits per heavy atom. The van der Waals surface area contributed by atoms with Gasteiger partial charge in [-0.3, -0.25) is 19.0 Å². The summed E-state index contributed by atoms with van der Waals surface area (Å²) in [6.45, 7) is 6.51. The fourth-order valence-electron chi connectivity index (χ4n) is 3.93. The summed E-state index contributed by atoms with van der Waals surface area (Å²) in [4.78, 5) is 43.9. The van der Waals surface area contributed by atoms with Crippen LogP contribution in [0.3, 0.4) is 0 Å². The molecule has 2 N–H and O–H groups in total. The molecule has 4 rings (SSSR count). The van der Waals surface area contributed by atoms with Crippen LogP contribution in [0.25, 0.3) is 10.2 Å². The Bertz CT molecular complexity index is 1240. The smallest absolute Gasteiger partial charge is 0.262 e. The van der Waals surface area contributed by atoms with Gasteiger partial charge in [-0.05, 0) is 43.0 Å². The highest BCUT2D eigenvalue weighted by molar-refractivity contribution is 7.20. The van der Waals surface area contributed by atoms with Crippen LogP contribution in [0.4, 0.5) is 5.69 Å². The van der Waals surface area contributed by atoms with Crippen LogP contribution >= 0.6 is 11.3 Å². The molecule has 0 fully saturated rings. The highest BCUT2D eigenvalue weighted by Gasteiger charge is 2.22. The number of aromatic nitrogens is 2. The lowest BCUT2D eigenvalue weighted by molar-refractivity contribution is -0.118. The van der Waals surface area contributed by atoms with E-state index in [0.717, 1.165) is 37.1 Å². The van der Waals surface area contributed by atoms with E-state index >= 15 is 0 Å². The van der Waals surface area contributed by atoms with E-state index in [4.69, 9.17) is 4.98 Å². The predicted molar refractivity (Wildman–Crippen MR) is 127 cm³/mol. The quantitative estimate of drug-likeness (QED) is 0.612. The monoisotopic (exact) mass is 452 g/mol. The Hall–Kier alpha value is -3.00. The van der Waals surface area contributed by atoms with Crippen molar-refractivity contribution in [2.45, 2.75) is 59.5 Å². The fourth-order valence-corrected chi connectivity index (χ4v) is 5.04. The van der Waals surface area contributed by atoms with Crippen molar-refractivity contribution in [1.29, 1.82) is 0 Å². The maximum absolute atomic E-state index is 13.1. The number of carbonyl (C=O) groups excluding carboxylic acids is 2. The fraction of sp³-hybridized carbons (Fsp3) is 0.417. The average molecular weight is 453 g/mol. The van der Waals surface area contributed by atoms with E-state index in [1.165, 1.54) is 11.3 Å². The number of nitrogens with one attached hydrogen (secondary N) is 2. The second kappa shape index (κ2) is 9.24. The summed E-state index contributed by atoms with van der Waals surface area (Å²) in [5.74, 6) is 0.446. The zero-order chi connectivity index (χ0) is 22.8. The molecule has 1 aromatic carbocycles. The van der Waals surface area contributed by atoms with Crippen LogP contribution in [0.5, 0.6) is 0 Å². The first-order chi connectivity index (χ1) is 15.3. The van der Waals surface area contributed by atoms with Gasteiger partial charge < -0.3 is 10.6 Å². The first-order valence-electron chi connectivity index (χ1n) is 11.1. The van der Waals surface area contributed by atoms with E-state index in [9.17, 15) is 14.4 Å². The molecule has 0 aliphatic carbocycles. The maximum Gasteiger partial charge on any atom is 0.262 e. The van der Waals surface area contributed by atoms with E-state index in [-0.39, 0.29) is 23.3 Å². The highest BCUT2D eigenvalue weighted by Crippen LogP contribution is 2.28. The number of carbonyl (C=O) groups is 2. The number of nitrogens with zero attached hydrogens (tertiary/aromatic N) is 2. The van der Waals surface area contributed by atoms with Crippen LogP contribution < -0.4 is 16.2 Å². The number of hydrogen-bond acceptors (Lipinski definition) is 5. The minimum absolute atomic E-state index is 0.0340. The third-order valence-electron chi connectivity index (χ3n) is 5.79. The van der Waals surface area contributed by atoms with Gasteiger partial charge in [0.1, 0.15) is 10.7 Å². The molecule has 0 bridgehead atoms. The highest BCUT2D eigenvalue weighted by atomic mass is 32.1. The predicted octanol–water partition coefficient (Wildman–Crippen LogP) is 4.02. The zero-order valence-corrected chi connectivity index (χ0v) is 19.5. The van der Waals surface area contributed by atoms with Crippen LogP contribution in [0.15, 0.2) is 29.1 Å². The van der Waals surface area contributed by atoms with Crippen molar-refractivity contribution in [2.75, 3.05) is 5.32 Å². The van der Waals surface area contributed by atoms with Crippen molar-refractivity contribution in [2.24, 2.45) is 5.92 Å². The molecule has 0 saturated heterocycles. The molecule has 32 heavy (non-hydrogen) atoms. The van der Waals surface area contributed by atoms with Crippen molar-refractivity contribution in [1.82, 2.24) is 14.9 Å². The molecule has 0 unspecified atom stereocenters. The van der Waals surface area contributed by atoms with Gasteiger partial charge in [-0.2, -0.15) is 0 Å². The van der Waals surface area contributed by atoms with E-state index < -0.39 is 0 Å². The van der Waals surface area contributed by atoms with Crippen molar-refractivity contribution in [3.8, 4) is 0 Å². The first-order valence-corrected chi connectivity index (χ1v) is 11.9. The Kier molecular flexibility index (Phi) is 6.41. The van der Waals surface area contributed by atoms with Gasteiger partial charge in [0.25, 0.3) is 11.5 Å². The van der Waals surface area contributed by atoms with Crippen molar-refractivity contribution in [3.05, 3.63) is 56.4 Å². The third-order valence-corrected chi connectivity index (χ3v) is 6.97.